The van der Waals surface area contributed by atoms with E-state index in [1.165, 1.54) is 11.3 Å². The number of urea groups is 1. The van der Waals surface area contributed by atoms with Crippen molar-refractivity contribution in [2.45, 2.75) is 13.0 Å². The summed E-state index contributed by atoms with van der Waals surface area (Å²) in [6.45, 7) is 1.88. The first-order chi connectivity index (χ1) is 9.19. The first kappa shape index (κ1) is 13.1. The SMILES string of the molecule is CC(NC(=O)Nc1nccs1)c1ccc(C#N)cc1. The van der Waals surface area contributed by atoms with E-state index in [9.17, 15) is 4.79 Å². The van der Waals surface area contributed by atoms with Crippen molar-refractivity contribution in [1.82, 2.24) is 10.3 Å². The largest absolute Gasteiger partial charge is 0.331 e. The maximum Gasteiger partial charge on any atom is 0.321 e. The van der Waals surface area contributed by atoms with Gasteiger partial charge in [-0.1, -0.05) is 12.1 Å². The van der Waals surface area contributed by atoms with Crippen molar-refractivity contribution in [3.63, 3.8) is 0 Å². The lowest BCUT2D eigenvalue weighted by Crippen LogP contribution is -2.31. The predicted molar refractivity (Wildman–Crippen MR) is 73.8 cm³/mol. The van der Waals surface area contributed by atoms with Crippen LogP contribution in [0.3, 0.4) is 0 Å². The van der Waals surface area contributed by atoms with Crippen molar-refractivity contribution in [1.29, 1.82) is 5.26 Å². The number of nitriles is 1. The minimum absolute atomic E-state index is 0.146. The third-order valence-corrected chi connectivity index (χ3v) is 3.23. The number of carbonyl (C=O) groups is 1. The minimum atomic E-state index is -0.299. The molecule has 0 spiro atoms. The van der Waals surface area contributed by atoms with E-state index in [0.29, 0.717) is 10.7 Å². The molecule has 1 aromatic carbocycles. The number of carbonyl (C=O) groups excluding carboxylic acids is 1. The molecule has 1 unspecified atom stereocenters. The fourth-order valence-corrected chi connectivity index (χ4v) is 2.07. The molecule has 0 radical (unpaired) electrons. The van der Waals surface area contributed by atoms with Crippen molar-refractivity contribution in [2.24, 2.45) is 0 Å². The Morgan fingerprint density at radius 2 is 2.16 bits per heavy atom. The van der Waals surface area contributed by atoms with Crippen molar-refractivity contribution in [3.05, 3.63) is 47.0 Å². The van der Waals surface area contributed by atoms with Crippen molar-refractivity contribution >= 4 is 22.5 Å². The molecule has 0 aliphatic rings. The van der Waals surface area contributed by atoms with Crippen LogP contribution in [0.25, 0.3) is 0 Å². The van der Waals surface area contributed by atoms with E-state index in [-0.39, 0.29) is 12.1 Å². The van der Waals surface area contributed by atoms with E-state index in [4.69, 9.17) is 5.26 Å². The smallest absolute Gasteiger partial charge is 0.321 e. The summed E-state index contributed by atoms with van der Waals surface area (Å²) < 4.78 is 0. The monoisotopic (exact) mass is 272 g/mol. The normalized spacial score (nSPS) is 11.4. The molecule has 1 aromatic heterocycles. The minimum Gasteiger partial charge on any atom is -0.331 e. The fraction of sp³-hybridized carbons (Fsp3) is 0.154. The topological polar surface area (TPSA) is 77.8 Å². The number of nitrogens with zero attached hydrogens (tertiary/aromatic N) is 2. The zero-order valence-electron chi connectivity index (χ0n) is 10.3. The van der Waals surface area contributed by atoms with Crippen LogP contribution in [0.15, 0.2) is 35.8 Å². The lowest BCUT2D eigenvalue weighted by Gasteiger charge is -2.14. The number of hydrogen-bond acceptors (Lipinski definition) is 4. The molecule has 6 heteroatoms. The third-order valence-electron chi connectivity index (χ3n) is 2.54. The Morgan fingerprint density at radius 3 is 2.74 bits per heavy atom. The Hall–Kier alpha value is -2.39. The Balaban J connectivity index is 1.94. The van der Waals surface area contributed by atoms with Gasteiger partial charge in [-0.25, -0.2) is 9.78 Å². The van der Waals surface area contributed by atoms with Crippen LogP contribution >= 0.6 is 11.3 Å². The Kier molecular flexibility index (Phi) is 4.11. The number of amides is 2. The summed E-state index contributed by atoms with van der Waals surface area (Å²) in [7, 11) is 0. The molecule has 0 bridgehead atoms. The molecule has 0 aliphatic carbocycles. The summed E-state index contributed by atoms with van der Waals surface area (Å²) in [5.41, 5.74) is 1.54. The van der Waals surface area contributed by atoms with Gasteiger partial charge in [-0.05, 0) is 24.6 Å². The highest BCUT2D eigenvalue weighted by molar-refractivity contribution is 7.13. The molecule has 1 heterocycles. The number of rotatable bonds is 3. The molecule has 0 saturated heterocycles. The van der Waals surface area contributed by atoms with Crippen molar-refractivity contribution < 1.29 is 4.79 Å². The maximum atomic E-state index is 11.7. The molecule has 2 rings (SSSR count). The van der Waals surface area contributed by atoms with E-state index in [1.807, 2.05) is 19.1 Å². The number of thiazole rings is 1. The van der Waals surface area contributed by atoms with Gasteiger partial charge in [-0.2, -0.15) is 5.26 Å². The van der Waals surface area contributed by atoms with E-state index in [2.05, 4.69) is 21.7 Å². The van der Waals surface area contributed by atoms with Crippen LogP contribution in [-0.4, -0.2) is 11.0 Å². The lowest BCUT2D eigenvalue weighted by atomic mass is 10.1. The van der Waals surface area contributed by atoms with Gasteiger partial charge in [0.1, 0.15) is 0 Å². The van der Waals surface area contributed by atoms with E-state index in [0.717, 1.165) is 5.56 Å². The second kappa shape index (κ2) is 5.98. The molecule has 0 saturated carbocycles. The lowest BCUT2D eigenvalue weighted by molar-refractivity contribution is 0.249. The van der Waals surface area contributed by atoms with E-state index < -0.39 is 0 Å². The molecule has 19 heavy (non-hydrogen) atoms. The first-order valence-corrected chi connectivity index (χ1v) is 6.54. The third kappa shape index (κ3) is 3.53. The van der Waals surface area contributed by atoms with Gasteiger partial charge in [0, 0.05) is 11.6 Å². The van der Waals surface area contributed by atoms with Gasteiger partial charge < -0.3 is 5.32 Å². The Labute approximate surface area is 114 Å². The van der Waals surface area contributed by atoms with Gasteiger partial charge >= 0.3 is 6.03 Å². The second-order valence-electron chi connectivity index (χ2n) is 3.89. The molecule has 5 nitrogen and oxygen atoms in total. The molecular weight excluding hydrogens is 260 g/mol. The molecule has 2 amide bonds. The molecule has 2 N–H and O–H groups in total. The van der Waals surface area contributed by atoms with Crippen molar-refractivity contribution in [3.8, 4) is 6.07 Å². The fourth-order valence-electron chi connectivity index (χ4n) is 1.54. The van der Waals surface area contributed by atoms with Crippen LogP contribution in [0.2, 0.25) is 0 Å². The zero-order chi connectivity index (χ0) is 13.7. The van der Waals surface area contributed by atoms with Gasteiger partial charge in [0.25, 0.3) is 0 Å². The highest BCUT2D eigenvalue weighted by atomic mass is 32.1. The van der Waals surface area contributed by atoms with Crippen LogP contribution < -0.4 is 10.6 Å². The molecule has 1 atom stereocenters. The van der Waals surface area contributed by atoms with Gasteiger partial charge in [-0.15, -0.1) is 11.3 Å². The van der Waals surface area contributed by atoms with Crippen LogP contribution in [0.5, 0.6) is 0 Å². The Morgan fingerprint density at radius 1 is 1.42 bits per heavy atom. The summed E-state index contributed by atoms with van der Waals surface area (Å²) in [5.74, 6) is 0. The van der Waals surface area contributed by atoms with E-state index in [1.54, 1.807) is 23.7 Å². The molecule has 0 aliphatic heterocycles. The predicted octanol–water partition coefficient (Wildman–Crippen LogP) is 2.90. The first-order valence-electron chi connectivity index (χ1n) is 5.66. The van der Waals surface area contributed by atoms with Gasteiger partial charge in [0.15, 0.2) is 5.13 Å². The van der Waals surface area contributed by atoms with E-state index >= 15 is 0 Å². The highest BCUT2D eigenvalue weighted by Gasteiger charge is 2.10. The van der Waals surface area contributed by atoms with Gasteiger partial charge in [0.2, 0.25) is 0 Å². The standard InChI is InChI=1S/C13H12N4OS/c1-9(11-4-2-10(8-14)3-5-11)16-12(18)17-13-15-6-7-19-13/h2-7,9H,1H3,(H2,15,16,17,18). The summed E-state index contributed by atoms with van der Waals surface area (Å²) in [5, 5.41) is 16.5. The van der Waals surface area contributed by atoms with Crippen LogP contribution in [0.4, 0.5) is 9.93 Å². The average molecular weight is 272 g/mol. The maximum absolute atomic E-state index is 11.7. The van der Waals surface area contributed by atoms with Gasteiger partial charge in [0.05, 0.1) is 17.7 Å². The summed E-state index contributed by atoms with van der Waals surface area (Å²) >= 11 is 1.36. The average Bonchev–Trinajstić information content (AvgIpc) is 2.91. The quantitative estimate of drug-likeness (QED) is 0.901. The number of benzene rings is 1. The number of hydrogen-bond donors (Lipinski definition) is 2. The summed E-state index contributed by atoms with van der Waals surface area (Å²) in [4.78, 5) is 15.7. The number of anilines is 1. The Bertz CT molecular complexity index is 586. The summed E-state index contributed by atoms with van der Waals surface area (Å²) in [6.07, 6.45) is 1.63. The van der Waals surface area contributed by atoms with Crippen LogP contribution in [0.1, 0.15) is 24.1 Å². The molecule has 96 valence electrons. The molecule has 2 aromatic rings. The zero-order valence-corrected chi connectivity index (χ0v) is 11.1. The number of aromatic nitrogens is 1. The second-order valence-corrected chi connectivity index (χ2v) is 4.79. The number of nitrogens with one attached hydrogen (secondary N) is 2. The molecular formula is C13H12N4OS. The van der Waals surface area contributed by atoms with Gasteiger partial charge in [-0.3, -0.25) is 5.32 Å². The van der Waals surface area contributed by atoms with Crippen LogP contribution in [-0.2, 0) is 0 Å². The highest BCUT2D eigenvalue weighted by Crippen LogP contribution is 2.14. The molecule has 0 fully saturated rings. The summed E-state index contributed by atoms with van der Waals surface area (Å²) in [6, 6.07) is 8.72. The van der Waals surface area contributed by atoms with Crippen LogP contribution in [0, 0.1) is 11.3 Å². The van der Waals surface area contributed by atoms with Crippen molar-refractivity contribution in [2.75, 3.05) is 5.32 Å².